The second kappa shape index (κ2) is 5.71. The van der Waals surface area contributed by atoms with E-state index < -0.39 is 11.9 Å². The van der Waals surface area contributed by atoms with Gasteiger partial charge in [0.2, 0.25) is 0 Å². The van der Waals surface area contributed by atoms with Gasteiger partial charge in [-0.25, -0.2) is 9.37 Å². The maximum atomic E-state index is 13.7. The molecule has 0 amide bonds. The van der Waals surface area contributed by atoms with Crippen LogP contribution in [0.4, 0.5) is 10.2 Å². The van der Waals surface area contributed by atoms with Gasteiger partial charge in [0.1, 0.15) is 17.6 Å². The SMILES string of the molecule is CC(Oc1cc(Br)cnc1N)c1ncc(Cl)cc1F. The Balaban J connectivity index is 2.25. The lowest BCUT2D eigenvalue weighted by Gasteiger charge is -2.16. The van der Waals surface area contributed by atoms with Gasteiger partial charge in [-0.15, -0.1) is 0 Å². The van der Waals surface area contributed by atoms with E-state index in [0.29, 0.717) is 10.2 Å². The Bertz CT molecular complexity index is 612. The monoisotopic (exact) mass is 345 g/mol. The number of hydrogen-bond donors (Lipinski definition) is 1. The predicted molar refractivity (Wildman–Crippen MR) is 74.6 cm³/mol. The van der Waals surface area contributed by atoms with Crippen LogP contribution in [0.2, 0.25) is 5.02 Å². The Morgan fingerprint density at radius 3 is 2.79 bits per heavy atom. The Hall–Kier alpha value is -1.40. The number of aromatic nitrogens is 2. The molecule has 19 heavy (non-hydrogen) atoms. The van der Waals surface area contributed by atoms with Crippen LogP contribution in [0, 0.1) is 5.82 Å². The Morgan fingerprint density at radius 2 is 2.11 bits per heavy atom. The third-order valence-corrected chi connectivity index (χ3v) is 3.01. The van der Waals surface area contributed by atoms with Gasteiger partial charge in [0, 0.05) is 16.9 Å². The van der Waals surface area contributed by atoms with E-state index in [1.165, 1.54) is 12.3 Å². The van der Waals surface area contributed by atoms with E-state index in [4.69, 9.17) is 22.1 Å². The summed E-state index contributed by atoms with van der Waals surface area (Å²) < 4.78 is 20.0. The van der Waals surface area contributed by atoms with Crippen LogP contribution in [0.25, 0.3) is 0 Å². The molecule has 2 heterocycles. The summed E-state index contributed by atoms with van der Waals surface area (Å²) in [4.78, 5) is 7.85. The molecular formula is C12H10BrClFN3O. The lowest BCUT2D eigenvalue weighted by atomic mass is 10.2. The van der Waals surface area contributed by atoms with E-state index in [0.717, 1.165) is 0 Å². The second-order valence-corrected chi connectivity index (χ2v) is 5.17. The van der Waals surface area contributed by atoms with Gasteiger partial charge in [0.05, 0.1) is 5.02 Å². The molecule has 0 aromatic carbocycles. The first-order valence-electron chi connectivity index (χ1n) is 5.36. The molecule has 0 fully saturated rings. The van der Waals surface area contributed by atoms with Crippen molar-refractivity contribution in [1.29, 1.82) is 0 Å². The van der Waals surface area contributed by atoms with Gasteiger partial charge >= 0.3 is 0 Å². The molecule has 0 aliphatic heterocycles. The maximum Gasteiger partial charge on any atom is 0.166 e. The van der Waals surface area contributed by atoms with Gasteiger partial charge in [-0.3, -0.25) is 4.98 Å². The molecule has 4 nitrogen and oxygen atoms in total. The number of nitrogens with zero attached hydrogens (tertiary/aromatic N) is 2. The Morgan fingerprint density at radius 1 is 1.37 bits per heavy atom. The van der Waals surface area contributed by atoms with Crippen LogP contribution < -0.4 is 10.5 Å². The minimum absolute atomic E-state index is 0.156. The molecule has 0 saturated heterocycles. The van der Waals surface area contributed by atoms with Crippen molar-refractivity contribution in [3.63, 3.8) is 0 Å². The van der Waals surface area contributed by atoms with Gasteiger partial charge in [-0.05, 0) is 35.0 Å². The first-order chi connectivity index (χ1) is 8.97. The first-order valence-corrected chi connectivity index (χ1v) is 6.53. The summed E-state index contributed by atoms with van der Waals surface area (Å²) in [6.45, 7) is 1.67. The van der Waals surface area contributed by atoms with Crippen molar-refractivity contribution in [3.05, 3.63) is 45.5 Å². The Kier molecular flexibility index (Phi) is 4.21. The van der Waals surface area contributed by atoms with Gasteiger partial charge < -0.3 is 10.5 Å². The molecule has 0 radical (unpaired) electrons. The van der Waals surface area contributed by atoms with Gasteiger partial charge in [0.15, 0.2) is 11.6 Å². The highest BCUT2D eigenvalue weighted by molar-refractivity contribution is 9.10. The quantitative estimate of drug-likeness (QED) is 0.919. The topological polar surface area (TPSA) is 61.0 Å². The summed E-state index contributed by atoms with van der Waals surface area (Å²) in [7, 11) is 0. The number of pyridine rings is 2. The molecular weight excluding hydrogens is 337 g/mol. The number of rotatable bonds is 3. The number of hydrogen-bond acceptors (Lipinski definition) is 4. The van der Waals surface area contributed by atoms with Crippen LogP contribution in [0.15, 0.2) is 29.0 Å². The highest BCUT2D eigenvalue weighted by atomic mass is 79.9. The van der Waals surface area contributed by atoms with Crippen LogP contribution in [-0.4, -0.2) is 9.97 Å². The third kappa shape index (κ3) is 3.33. The van der Waals surface area contributed by atoms with E-state index >= 15 is 0 Å². The number of anilines is 1. The molecule has 0 aliphatic carbocycles. The minimum Gasteiger partial charge on any atom is -0.480 e. The summed E-state index contributed by atoms with van der Waals surface area (Å²) in [5.74, 6) is 0.0592. The zero-order chi connectivity index (χ0) is 14.0. The van der Waals surface area contributed by atoms with E-state index in [1.54, 1.807) is 19.2 Å². The van der Waals surface area contributed by atoms with Gasteiger partial charge in [-0.2, -0.15) is 0 Å². The minimum atomic E-state index is -0.615. The lowest BCUT2D eigenvalue weighted by Crippen LogP contribution is -2.09. The van der Waals surface area contributed by atoms with Crippen molar-refractivity contribution in [3.8, 4) is 5.75 Å². The van der Waals surface area contributed by atoms with E-state index in [2.05, 4.69) is 25.9 Å². The maximum absolute atomic E-state index is 13.7. The fraction of sp³-hybridized carbons (Fsp3) is 0.167. The molecule has 0 saturated carbocycles. The van der Waals surface area contributed by atoms with Crippen molar-refractivity contribution in [1.82, 2.24) is 9.97 Å². The van der Waals surface area contributed by atoms with Crippen LogP contribution in [0.5, 0.6) is 5.75 Å². The number of nitrogen functional groups attached to an aromatic ring is 1. The molecule has 2 aromatic heterocycles. The van der Waals surface area contributed by atoms with Crippen molar-refractivity contribution in [2.24, 2.45) is 0 Å². The summed E-state index contributed by atoms with van der Waals surface area (Å²) in [6.07, 6.45) is 2.30. The molecule has 0 bridgehead atoms. The predicted octanol–water partition coefficient (Wildman–Crippen LogP) is 3.75. The standard InChI is InChI=1S/C12H10BrClFN3O/c1-6(11-9(15)3-8(14)5-17-11)19-10-2-7(13)4-18-12(10)16/h2-6H,1H3,(H2,16,18). The molecule has 2 aromatic rings. The largest absolute Gasteiger partial charge is 0.480 e. The molecule has 2 N–H and O–H groups in total. The molecule has 7 heteroatoms. The fourth-order valence-corrected chi connectivity index (χ4v) is 1.95. The van der Waals surface area contributed by atoms with E-state index in [1.807, 2.05) is 0 Å². The summed E-state index contributed by atoms with van der Waals surface area (Å²) in [6, 6.07) is 2.85. The summed E-state index contributed by atoms with van der Waals surface area (Å²) in [5, 5.41) is 0.233. The van der Waals surface area contributed by atoms with E-state index in [9.17, 15) is 4.39 Å². The van der Waals surface area contributed by atoms with Gasteiger partial charge in [-0.1, -0.05) is 11.6 Å². The zero-order valence-corrected chi connectivity index (χ0v) is 12.2. The molecule has 0 aliphatic rings. The Labute approximate surface area is 122 Å². The van der Waals surface area contributed by atoms with Crippen molar-refractivity contribution in [2.75, 3.05) is 5.73 Å². The smallest absolute Gasteiger partial charge is 0.166 e. The molecule has 1 atom stereocenters. The van der Waals surface area contributed by atoms with Gasteiger partial charge in [0.25, 0.3) is 0 Å². The average Bonchev–Trinajstić information content (AvgIpc) is 2.33. The van der Waals surface area contributed by atoms with Crippen molar-refractivity contribution in [2.45, 2.75) is 13.0 Å². The highest BCUT2D eigenvalue weighted by Crippen LogP contribution is 2.28. The summed E-state index contributed by atoms with van der Waals surface area (Å²) >= 11 is 8.91. The van der Waals surface area contributed by atoms with Crippen LogP contribution >= 0.6 is 27.5 Å². The zero-order valence-electron chi connectivity index (χ0n) is 9.90. The normalized spacial score (nSPS) is 12.2. The third-order valence-electron chi connectivity index (χ3n) is 2.37. The first kappa shape index (κ1) is 14.0. The van der Waals surface area contributed by atoms with Crippen molar-refractivity contribution < 1.29 is 9.13 Å². The van der Waals surface area contributed by atoms with Crippen molar-refractivity contribution >= 4 is 33.3 Å². The molecule has 100 valence electrons. The second-order valence-electron chi connectivity index (χ2n) is 3.82. The number of nitrogens with two attached hydrogens (primary N) is 1. The average molecular weight is 347 g/mol. The van der Waals surface area contributed by atoms with Crippen LogP contribution in [0.3, 0.4) is 0 Å². The molecule has 2 rings (SSSR count). The lowest BCUT2D eigenvalue weighted by molar-refractivity contribution is 0.216. The highest BCUT2D eigenvalue weighted by Gasteiger charge is 2.16. The fourth-order valence-electron chi connectivity index (χ4n) is 1.50. The number of halogens is 3. The van der Waals surface area contributed by atoms with E-state index in [-0.39, 0.29) is 16.5 Å². The van der Waals surface area contributed by atoms with Crippen LogP contribution in [-0.2, 0) is 0 Å². The molecule has 1 unspecified atom stereocenters. The number of ether oxygens (including phenoxy) is 1. The summed E-state index contributed by atoms with van der Waals surface area (Å²) in [5.41, 5.74) is 5.84. The molecule has 0 spiro atoms. The van der Waals surface area contributed by atoms with Crippen LogP contribution in [0.1, 0.15) is 18.7 Å².